The van der Waals surface area contributed by atoms with Gasteiger partial charge in [0.05, 0.1) is 12.1 Å². The van der Waals surface area contributed by atoms with Gasteiger partial charge in [-0.1, -0.05) is 0 Å². The molecule has 5 nitrogen and oxygen atoms in total. The monoisotopic (exact) mass is 269 g/mol. The number of carbonyl (C=O) groups is 2. The molecule has 0 spiro atoms. The lowest BCUT2D eigenvalue weighted by Crippen LogP contribution is -2.34. The number of hydrogen-bond acceptors (Lipinski definition) is 4. The molecule has 1 atom stereocenters. The fraction of sp³-hybridized carbons (Fsp3) is 0.500. The number of carbonyl (C=O) groups excluding carboxylic acids is 1. The summed E-state index contributed by atoms with van der Waals surface area (Å²) in [5, 5.41) is 10.9. The molecule has 1 aliphatic heterocycles. The predicted molar refractivity (Wildman–Crippen MR) is 67.2 cm³/mol. The summed E-state index contributed by atoms with van der Waals surface area (Å²) in [4.78, 5) is 24.0. The average molecular weight is 269 g/mol. The number of carboxylic acids is 1. The molecule has 1 fully saturated rings. The third-order valence-corrected chi connectivity index (χ3v) is 3.87. The normalized spacial score (nSPS) is 19.3. The first kappa shape index (κ1) is 12.9. The van der Waals surface area contributed by atoms with Crippen LogP contribution in [0, 0.1) is 0 Å². The third kappa shape index (κ3) is 2.81. The van der Waals surface area contributed by atoms with Crippen LogP contribution in [0.2, 0.25) is 0 Å². The van der Waals surface area contributed by atoms with Gasteiger partial charge in [-0.2, -0.15) is 0 Å². The summed E-state index contributed by atoms with van der Waals surface area (Å²) in [6.07, 6.45) is 1.52. The average Bonchev–Trinajstić information content (AvgIpc) is 2.90. The molecule has 1 saturated heterocycles. The Hall–Kier alpha value is -1.56. The maximum Gasteiger partial charge on any atom is 0.336 e. The zero-order chi connectivity index (χ0) is 13.1. The van der Waals surface area contributed by atoms with E-state index < -0.39 is 5.97 Å². The summed E-state index contributed by atoms with van der Waals surface area (Å²) < 4.78 is 5.46. The van der Waals surface area contributed by atoms with Crippen LogP contribution in [0.25, 0.3) is 0 Å². The third-order valence-electron chi connectivity index (χ3n) is 3.03. The van der Waals surface area contributed by atoms with Crippen molar-refractivity contribution in [2.75, 3.05) is 13.2 Å². The van der Waals surface area contributed by atoms with E-state index in [1.807, 2.05) is 11.8 Å². The molecular formula is C12H15NO4S. The number of likely N-dealkylation sites (tertiary alicyclic amines) is 1. The number of ether oxygens (including phenoxy) is 1. The molecule has 0 aliphatic carbocycles. The van der Waals surface area contributed by atoms with Gasteiger partial charge in [0.1, 0.15) is 6.61 Å². The molecule has 1 unspecified atom stereocenters. The van der Waals surface area contributed by atoms with Crippen molar-refractivity contribution in [1.82, 2.24) is 4.90 Å². The number of carboxylic acid groups (broad SMARTS) is 1. The minimum Gasteiger partial charge on any atom is -0.482 e. The second kappa shape index (κ2) is 5.39. The van der Waals surface area contributed by atoms with Crippen molar-refractivity contribution in [3.8, 4) is 5.06 Å². The van der Waals surface area contributed by atoms with Crippen molar-refractivity contribution in [3.05, 3.63) is 17.0 Å². The Balaban J connectivity index is 1.81. The molecule has 0 radical (unpaired) electrons. The van der Waals surface area contributed by atoms with Crippen LogP contribution < -0.4 is 4.74 Å². The molecule has 1 N–H and O–H groups in total. The molecule has 0 bridgehead atoms. The van der Waals surface area contributed by atoms with Gasteiger partial charge in [-0.15, -0.1) is 11.3 Å². The van der Waals surface area contributed by atoms with Crippen molar-refractivity contribution in [3.63, 3.8) is 0 Å². The lowest BCUT2D eigenvalue weighted by molar-refractivity contribution is -0.129. The van der Waals surface area contributed by atoms with Crippen molar-refractivity contribution < 1.29 is 19.4 Å². The van der Waals surface area contributed by atoms with Gasteiger partial charge < -0.3 is 14.7 Å². The SMILES string of the molecule is CC1CCC(=O)N1CCOc1cc(C(=O)O)cs1. The van der Waals surface area contributed by atoms with Gasteiger partial charge >= 0.3 is 5.97 Å². The van der Waals surface area contributed by atoms with Gasteiger partial charge in [0.25, 0.3) is 0 Å². The quantitative estimate of drug-likeness (QED) is 0.885. The Kier molecular flexibility index (Phi) is 3.86. The van der Waals surface area contributed by atoms with E-state index in [4.69, 9.17) is 9.84 Å². The number of rotatable bonds is 5. The number of nitrogens with zero attached hydrogens (tertiary/aromatic N) is 1. The molecule has 0 aromatic carbocycles. The summed E-state index contributed by atoms with van der Waals surface area (Å²) in [7, 11) is 0. The Morgan fingerprint density at radius 2 is 2.44 bits per heavy atom. The molecule has 2 rings (SSSR count). The topological polar surface area (TPSA) is 66.8 Å². The van der Waals surface area contributed by atoms with E-state index in [1.165, 1.54) is 17.4 Å². The van der Waals surface area contributed by atoms with E-state index in [0.717, 1.165) is 6.42 Å². The molecule has 1 aliphatic rings. The first-order valence-electron chi connectivity index (χ1n) is 5.82. The fourth-order valence-corrected chi connectivity index (χ4v) is 2.73. The molecule has 2 heterocycles. The first-order valence-corrected chi connectivity index (χ1v) is 6.70. The highest BCUT2D eigenvalue weighted by molar-refractivity contribution is 7.12. The number of hydrogen-bond donors (Lipinski definition) is 1. The van der Waals surface area contributed by atoms with Crippen molar-refractivity contribution in [2.45, 2.75) is 25.8 Å². The highest BCUT2D eigenvalue weighted by Gasteiger charge is 2.26. The maximum absolute atomic E-state index is 11.5. The maximum atomic E-state index is 11.5. The van der Waals surface area contributed by atoms with Gasteiger partial charge in [0.2, 0.25) is 5.91 Å². The standard InChI is InChI=1S/C12H15NO4S/c1-8-2-3-10(14)13(8)4-5-17-11-6-9(7-18-11)12(15)16/h6-8H,2-5H2,1H3,(H,15,16). The van der Waals surface area contributed by atoms with Gasteiger partial charge in [0.15, 0.2) is 5.06 Å². The second-order valence-electron chi connectivity index (χ2n) is 4.28. The largest absolute Gasteiger partial charge is 0.482 e. The van der Waals surface area contributed by atoms with Gasteiger partial charge in [-0.3, -0.25) is 4.79 Å². The Morgan fingerprint density at radius 1 is 1.67 bits per heavy atom. The van der Waals surface area contributed by atoms with E-state index in [9.17, 15) is 9.59 Å². The Morgan fingerprint density at radius 3 is 3.00 bits per heavy atom. The minimum absolute atomic E-state index is 0.170. The lowest BCUT2D eigenvalue weighted by atomic mass is 10.2. The zero-order valence-electron chi connectivity index (χ0n) is 10.1. The summed E-state index contributed by atoms with van der Waals surface area (Å²) >= 11 is 1.26. The van der Waals surface area contributed by atoms with Crippen LogP contribution in [0.1, 0.15) is 30.1 Å². The van der Waals surface area contributed by atoms with Crippen LogP contribution in [0.5, 0.6) is 5.06 Å². The number of amides is 1. The summed E-state index contributed by atoms with van der Waals surface area (Å²) in [6, 6.07) is 1.78. The van der Waals surface area contributed by atoms with Crippen LogP contribution in [0.3, 0.4) is 0 Å². The second-order valence-corrected chi connectivity index (χ2v) is 5.16. The number of aromatic carboxylic acids is 1. The van der Waals surface area contributed by atoms with Gasteiger partial charge in [0, 0.05) is 23.9 Å². The summed E-state index contributed by atoms with van der Waals surface area (Å²) in [6.45, 7) is 2.98. The van der Waals surface area contributed by atoms with E-state index in [-0.39, 0.29) is 17.5 Å². The molecule has 6 heteroatoms. The van der Waals surface area contributed by atoms with Gasteiger partial charge in [-0.25, -0.2) is 4.79 Å². The van der Waals surface area contributed by atoms with E-state index in [2.05, 4.69) is 0 Å². The summed E-state index contributed by atoms with van der Waals surface area (Å²) in [5.41, 5.74) is 0.237. The molecule has 1 aromatic heterocycles. The van der Waals surface area contributed by atoms with Gasteiger partial charge in [-0.05, 0) is 13.3 Å². The van der Waals surface area contributed by atoms with E-state index in [0.29, 0.717) is 24.6 Å². The highest BCUT2D eigenvalue weighted by atomic mass is 32.1. The van der Waals surface area contributed by atoms with Crippen LogP contribution >= 0.6 is 11.3 Å². The number of thiophene rings is 1. The zero-order valence-corrected chi connectivity index (χ0v) is 10.9. The van der Waals surface area contributed by atoms with Crippen LogP contribution in [0.4, 0.5) is 0 Å². The van der Waals surface area contributed by atoms with Crippen LogP contribution in [-0.2, 0) is 4.79 Å². The van der Waals surface area contributed by atoms with Crippen LogP contribution in [-0.4, -0.2) is 41.1 Å². The van der Waals surface area contributed by atoms with E-state index in [1.54, 1.807) is 5.38 Å². The molecule has 1 amide bonds. The molecule has 1 aromatic rings. The predicted octanol–water partition coefficient (Wildman–Crippen LogP) is 1.84. The first-order chi connectivity index (χ1) is 8.58. The molecular weight excluding hydrogens is 254 g/mol. The highest BCUT2D eigenvalue weighted by Crippen LogP contribution is 2.23. The van der Waals surface area contributed by atoms with Crippen LogP contribution in [0.15, 0.2) is 11.4 Å². The lowest BCUT2D eigenvalue weighted by Gasteiger charge is -2.21. The molecule has 98 valence electrons. The Bertz CT molecular complexity index is 457. The summed E-state index contributed by atoms with van der Waals surface area (Å²) in [5.74, 6) is -0.784. The molecule has 18 heavy (non-hydrogen) atoms. The fourth-order valence-electron chi connectivity index (χ4n) is 1.97. The van der Waals surface area contributed by atoms with E-state index >= 15 is 0 Å². The smallest absolute Gasteiger partial charge is 0.336 e. The van der Waals surface area contributed by atoms with Crippen molar-refractivity contribution in [1.29, 1.82) is 0 Å². The minimum atomic E-state index is -0.954. The molecule has 0 saturated carbocycles. The van der Waals surface area contributed by atoms with Crippen molar-refractivity contribution in [2.24, 2.45) is 0 Å². The van der Waals surface area contributed by atoms with Crippen molar-refractivity contribution >= 4 is 23.2 Å². The Labute approximate surface area is 109 Å².